The molecule has 2 aromatic carbocycles. The predicted molar refractivity (Wildman–Crippen MR) is 135 cm³/mol. The highest BCUT2D eigenvalue weighted by molar-refractivity contribution is 5.95. The molecule has 1 saturated carbocycles. The Kier molecular flexibility index (Phi) is 8.50. The van der Waals surface area contributed by atoms with Crippen molar-refractivity contribution < 1.29 is 14.5 Å². The van der Waals surface area contributed by atoms with Gasteiger partial charge < -0.3 is 9.80 Å². The van der Waals surface area contributed by atoms with E-state index < -0.39 is 4.92 Å². The number of amides is 2. The van der Waals surface area contributed by atoms with Crippen LogP contribution in [0.3, 0.4) is 0 Å². The minimum atomic E-state index is -0.463. The van der Waals surface area contributed by atoms with Crippen molar-refractivity contribution in [2.45, 2.75) is 63.8 Å². The van der Waals surface area contributed by atoms with Crippen molar-refractivity contribution in [2.75, 3.05) is 19.6 Å². The number of likely N-dealkylation sites (tertiary alicyclic amines) is 1. The maximum atomic E-state index is 13.4. The molecule has 0 N–H and O–H groups in total. The molecule has 0 aromatic heterocycles. The van der Waals surface area contributed by atoms with E-state index in [1.807, 2.05) is 15.9 Å². The Morgan fingerprint density at radius 3 is 2.20 bits per heavy atom. The minimum Gasteiger partial charge on any atom is -0.343 e. The first-order valence-electron chi connectivity index (χ1n) is 12.9. The van der Waals surface area contributed by atoms with Crippen LogP contribution in [0.5, 0.6) is 0 Å². The molecule has 186 valence electrons. The van der Waals surface area contributed by atoms with Crippen molar-refractivity contribution in [3.63, 3.8) is 0 Å². The van der Waals surface area contributed by atoms with Crippen LogP contribution in [-0.4, -0.2) is 52.2 Å². The molecule has 0 atom stereocenters. The van der Waals surface area contributed by atoms with Crippen LogP contribution < -0.4 is 0 Å². The fourth-order valence-corrected chi connectivity index (χ4v) is 5.44. The molecule has 7 nitrogen and oxygen atoms in total. The monoisotopic (exact) mass is 477 g/mol. The molecule has 2 aromatic rings. The van der Waals surface area contributed by atoms with Crippen molar-refractivity contribution in [1.82, 2.24) is 9.80 Å². The van der Waals surface area contributed by atoms with Crippen LogP contribution in [0.4, 0.5) is 5.69 Å². The standard InChI is InChI=1S/C28H35N3O4/c32-27(29-18-15-23(16-19-29)21-22-7-3-1-4-8-22)17-20-30(25-9-5-2-6-10-25)28(33)24-11-13-26(14-12-24)31(34)35/h1,3-4,7-8,11-14,23,25H,2,5-6,9-10,15-21H2. The molecule has 2 amide bonds. The average Bonchev–Trinajstić information content (AvgIpc) is 2.90. The van der Waals surface area contributed by atoms with Crippen molar-refractivity contribution in [3.8, 4) is 0 Å². The molecule has 1 saturated heterocycles. The molecule has 2 fully saturated rings. The van der Waals surface area contributed by atoms with Gasteiger partial charge in [-0.1, -0.05) is 49.6 Å². The zero-order chi connectivity index (χ0) is 24.6. The molecule has 4 rings (SSSR count). The van der Waals surface area contributed by atoms with Gasteiger partial charge in [-0.3, -0.25) is 19.7 Å². The van der Waals surface area contributed by atoms with Gasteiger partial charge in [0.05, 0.1) is 4.92 Å². The Balaban J connectivity index is 1.33. The SMILES string of the molecule is O=C(CCN(C(=O)c1ccc([N+](=O)[O-])cc1)C1CCCCC1)N1CCC(Cc2ccccc2)CC1. The Morgan fingerprint density at radius 1 is 0.914 bits per heavy atom. The Bertz CT molecular complexity index is 995. The van der Waals surface area contributed by atoms with E-state index in [0.29, 0.717) is 24.4 Å². The van der Waals surface area contributed by atoms with E-state index in [2.05, 4.69) is 24.3 Å². The number of nitrogens with zero attached hydrogens (tertiary/aromatic N) is 3. The number of nitro benzene ring substituents is 1. The fraction of sp³-hybridized carbons (Fsp3) is 0.500. The number of carbonyl (C=O) groups is 2. The summed E-state index contributed by atoms with van der Waals surface area (Å²) in [6.07, 6.45) is 8.61. The number of carbonyl (C=O) groups excluding carboxylic acids is 2. The summed E-state index contributed by atoms with van der Waals surface area (Å²) in [6, 6.07) is 16.4. The third kappa shape index (κ3) is 6.68. The Morgan fingerprint density at radius 2 is 1.57 bits per heavy atom. The maximum Gasteiger partial charge on any atom is 0.269 e. The number of benzene rings is 2. The Hall–Kier alpha value is -3.22. The van der Waals surface area contributed by atoms with Crippen molar-refractivity contribution >= 4 is 17.5 Å². The lowest BCUT2D eigenvalue weighted by molar-refractivity contribution is -0.384. The summed E-state index contributed by atoms with van der Waals surface area (Å²) < 4.78 is 0. The Labute approximate surface area is 207 Å². The van der Waals surface area contributed by atoms with Gasteiger partial charge in [0.25, 0.3) is 11.6 Å². The van der Waals surface area contributed by atoms with Gasteiger partial charge in [-0.25, -0.2) is 0 Å². The highest BCUT2D eigenvalue weighted by Gasteiger charge is 2.29. The lowest BCUT2D eigenvalue weighted by atomic mass is 9.90. The molecule has 0 bridgehead atoms. The molecular formula is C28H35N3O4. The number of piperidine rings is 1. The molecular weight excluding hydrogens is 442 g/mol. The number of nitro groups is 1. The van der Waals surface area contributed by atoms with E-state index in [9.17, 15) is 19.7 Å². The lowest BCUT2D eigenvalue weighted by Gasteiger charge is -2.36. The maximum absolute atomic E-state index is 13.4. The van der Waals surface area contributed by atoms with Crippen LogP contribution in [0.2, 0.25) is 0 Å². The molecule has 1 heterocycles. The second kappa shape index (κ2) is 12.0. The molecule has 1 aliphatic carbocycles. The summed E-state index contributed by atoms with van der Waals surface area (Å²) in [5.74, 6) is 0.575. The van der Waals surface area contributed by atoms with E-state index in [1.165, 1.54) is 36.2 Å². The van der Waals surface area contributed by atoms with Gasteiger partial charge in [0.15, 0.2) is 0 Å². The smallest absolute Gasteiger partial charge is 0.269 e. The lowest BCUT2D eigenvalue weighted by Crippen LogP contribution is -2.45. The normalized spacial score (nSPS) is 17.2. The highest BCUT2D eigenvalue weighted by atomic mass is 16.6. The van der Waals surface area contributed by atoms with Crippen molar-refractivity contribution in [1.29, 1.82) is 0 Å². The summed E-state index contributed by atoms with van der Waals surface area (Å²) >= 11 is 0. The second-order valence-electron chi connectivity index (χ2n) is 9.86. The molecule has 2 aliphatic rings. The topological polar surface area (TPSA) is 83.8 Å². The van der Waals surface area contributed by atoms with Crippen LogP contribution in [0.25, 0.3) is 0 Å². The van der Waals surface area contributed by atoms with Gasteiger partial charge >= 0.3 is 0 Å². The van der Waals surface area contributed by atoms with E-state index in [-0.39, 0.29) is 23.5 Å². The molecule has 35 heavy (non-hydrogen) atoms. The van der Waals surface area contributed by atoms with Crippen LogP contribution in [0.15, 0.2) is 54.6 Å². The fourth-order valence-electron chi connectivity index (χ4n) is 5.44. The van der Waals surface area contributed by atoms with Gasteiger partial charge in [0.1, 0.15) is 0 Å². The third-order valence-electron chi connectivity index (χ3n) is 7.50. The molecule has 0 radical (unpaired) electrons. The zero-order valence-electron chi connectivity index (χ0n) is 20.3. The van der Waals surface area contributed by atoms with Gasteiger partial charge in [-0.05, 0) is 55.7 Å². The highest BCUT2D eigenvalue weighted by Crippen LogP contribution is 2.26. The van der Waals surface area contributed by atoms with Crippen LogP contribution in [0.1, 0.15) is 67.3 Å². The van der Waals surface area contributed by atoms with E-state index >= 15 is 0 Å². The van der Waals surface area contributed by atoms with Crippen molar-refractivity contribution in [2.24, 2.45) is 5.92 Å². The predicted octanol–water partition coefficient (Wildman–Crippen LogP) is 5.24. The summed E-state index contributed by atoms with van der Waals surface area (Å²) in [5.41, 5.74) is 1.76. The van der Waals surface area contributed by atoms with Gasteiger partial charge in [0, 0.05) is 49.8 Å². The van der Waals surface area contributed by atoms with Gasteiger partial charge in [0.2, 0.25) is 5.91 Å². The molecule has 7 heteroatoms. The van der Waals surface area contributed by atoms with E-state index in [4.69, 9.17) is 0 Å². The summed E-state index contributed by atoms with van der Waals surface area (Å²) in [4.78, 5) is 40.7. The van der Waals surface area contributed by atoms with Crippen LogP contribution in [-0.2, 0) is 11.2 Å². The van der Waals surface area contributed by atoms with E-state index in [1.54, 1.807) is 0 Å². The number of non-ortho nitro benzene ring substituents is 1. The molecule has 1 aliphatic heterocycles. The van der Waals surface area contributed by atoms with Crippen LogP contribution >= 0.6 is 0 Å². The summed E-state index contributed by atoms with van der Waals surface area (Å²) in [6.45, 7) is 1.94. The summed E-state index contributed by atoms with van der Waals surface area (Å²) in [5, 5.41) is 11.0. The van der Waals surface area contributed by atoms with Crippen LogP contribution in [0, 0.1) is 16.0 Å². The first-order valence-corrected chi connectivity index (χ1v) is 12.9. The third-order valence-corrected chi connectivity index (χ3v) is 7.50. The van der Waals surface area contributed by atoms with Gasteiger partial charge in [-0.15, -0.1) is 0 Å². The summed E-state index contributed by atoms with van der Waals surface area (Å²) in [7, 11) is 0. The largest absolute Gasteiger partial charge is 0.343 e. The zero-order valence-corrected chi connectivity index (χ0v) is 20.3. The average molecular weight is 478 g/mol. The first-order chi connectivity index (χ1) is 17.0. The number of rotatable bonds is 8. The molecule has 0 spiro atoms. The van der Waals surface area contributed by atoms with Gasteiger partial charge in [-0.2, -0.15) is 0 Å². The quantitative estimate of drug-likeness (QED) is 0.384. The molecule has 0 unspecified atom stereocenters. The second-order valence-corrected chi connectivity index (χ2v) is 9.86. The van der Waals surface area contributed by atoms with Crippen molar-refractivity contribution in [3.05, 3.63) is 75.8 Å². The minimum absolute atomic E-state index is 0.0309. The number of hydrogen-bond donors (Lipinski definition) is 0. The van der Waals surface area contributed by atoms with E-state index in [0.717, 1.165) is 58.0 Å². The first kappa shape index (κ1) is 24.9. The number of hydrogen-bond acceptors (Lipinski definition) is 4.